The predicted octanol–water partition coefficient (Wildman–Crippen LogP) is 2.59. The molecule has 0 unspecified atom stereocenters. The highest BCUT2D eigenvalue weighted by atomic mass is 19.4. The van der Waals surface area contributed by atoms with Gasteiger partial charge in [-0.3, -0.25) is 0 Å². The Morgan fingerprint density at radius 2 is 1.75 bits per heavy atom. The Kier molecular flexibility index (Phi) is 2.41. The van der Waals surface area contributed by atoms with Crippen molar-refractivity contribution in [3.8, 4) is 5.69 Å². The van der Waals surface area contributed by atoms with Gasteiger partial charge in [0.25, 0.3) is 0 Å². The van der Waals surface area contributed by atoms with Crippen molar-refractivity contribution in [2.24, 2.45) is 0 Å². The SMILES string of the molecule is Cc1cnn(-c2ccc(C(F)(F)F)cc2)n1. The lowest BCUT2D eigenvalue weighted by Crippen LogP contribution is -2.05. The van der Waals surface area contributed by atoms with E-state index in [1.54, 1.807) is 6.92 Å². The van der Waals surface area contributed by atoms with Gasteiger partial charge in [0, 0.05) is 0 Å². The van der Waals surface area contributed by atoms with Crippen LogP contribution in [0.5, 0.6) is 0 Å². The average molecular weight is 227 g/mol. The second kappa shape index (κ2) is 3.62. The highest BCUT2D eigenvalue weighted by Gasteiger charge is 2.30. The zero-order chi connectivity index (χ0) is 11.8. The first kappa shape index (κ1) is 10.7. The van der Waals surface area contributed by atoms with Crippen LogP contribution < -0.4 is 0 Å². The first-order chi connectivity index (χ1) is 7.47. The number of aromatic nitrogens is 3. The van der Waals surface area contributed by atoms with Crippen molar-refractivity contribution in [2.45, 2.75) is 13.1 Å². The molecule has 1 aromatic heterocycles. The van der Waals surface area contributed by atoms with Gasteiger partial charge in [0.1, 0.15) is 0 Å². The number of hydrogen-bond acceptors (Lipinski definition) is 2. The van der Waals surface area contributed by atoms with Crippen molar-refractivity contribution < 1.29 is 13.2 Å². The molecule has 0 radical (unpaired) electrons. The molecule has 1 heterocycles. The van der Waals surface area contributed by atoms with Crippen LogP contribution in [0.2, 0.25) is 0 Å². The molecule has 0 aliphatic rings. The van der Waals surface area contributed by atoms with Crippen molar-refractivity contribution in [2.75, 3.05) is 0 Å². The van der Waals surface area contributed by atoms with Gasteiger partial charge in [0.2, 0.25) is 0 Å². The van der Waals surface area contributed by atoms with Gasteiger partial charge in [-0.25, -0.2) is 0 Å². The van der Waals surface area contributed by atoms with Crippen LogP contribution in [0.15, 0.2) is 30.5 Å². The molecular formula is C10H8F3N3. The summed E-state index contributed by atoms with van der Waals surface area (Å²) in [6.07, 6.45) is -2.77. The molecule has 0 fully saturated rings. The minimum atomic E-state index is -4.31. The fourth-order valence-electron chi connectivity index (χ4n) is 1.25. The van der Waals surface area contributed by atoms with Crippen molar-refractivity contribution >= 4 is 0 Å². The molecule has 0 saturated carbocycles. The van der Waals surface area contributed by atoms with Gasteiger partial charge < -0.3 is 0 Å². The molecule has 0 saturated heterocycles. The molecule has 0 amide bonds. The third-order valence-electron chi connectivity index (χ3n) is 2.03. The van der Waals surface area contributed by atoms with Gasteiger partial charge in [-0.15, -0.1) is 0 Å². The highest BCUT2D eigenvalue weighted by molar-refractivity contribution is 5.33. The van der Waals surface area contributed by atoms with E-state index in [2.05, 4.69) is 10.2 Å². The van der Waals surface area contributed by atoms with Gasteiger partial charge in [-0.1, -0.05) is 0 Å². The molecule has 1 aromatic carbocycles. The van der Waals surface area contributed by atoms with Crippen molar-refractivity contribution in [3.05, 3.63) is 41.7 Å². The number of benzene rings is 1. The monoisotopic (exact) mass is 227 g/mol. The summed E-state index contributed by atoms with van der Waals surface area (Å²) >= 11 is 0. The number of alkyl halides is 3. The first-order valence-corrected chi connectivity index (χ1v) is 4.53. The van der Waals surface area contributed by atoms with E-state index in [1.807, 2.05) is 0 Å². The van der Waals surface area contributed by atoms with Crippen LogP contribution in [-0.4, -0.2) is 15.0 Å². The fourth-order valence-corrected chi connectivity index (χ4v) is 1.25. The normalized spacial score (nSPS) is 11.8. The topological polar surface area (TPSA) is 30.7 Å². The Hall–Kier alpha value is -1.85. The van der Waals surface area contributed by atoms with Crippen molar-refractivity contribution in [3.63, 3.8) is 0 Å². The lowest BCUT2D eigenvalue weighted by Gasteiger charge is -2.06. The summed E-state index contributed by atoms with van der Waals surface area (Å²) in [6.45, 7) is 1.76. The van der Waals surface area contributed by atoms with Crippen LogP contribution in [0.25, 0.3) is 5.69 Å². The lowest BCUT2D eigenvalue weighted by molar-refractivity contribution is -0.137. The second-order valence-electron chi connectivity index (χ2n) is 3.32. The molecule has 84 valence electrons. The average Bonchev–Trinajstić information content (AvgIpc) is 2.64. The quantitative estimate of drug-likeness (QED) is 0.749. The van der Waals surface area contributed by atoms with Gasteiger partial charge in [0.15, 0.2) is 0 Å². The summed E-state index contributed by atoms with van der Waals surface area (Å²) in [6, 6.07) is 4.69. The summed E-state index contributed by atoms with van der Waals surface area (Å²) in [5.74, 6) is 0. The number of halogens is 3. The Labute approximate surface area is 89.5 Å². The first-order valence-electron chi connectivity index (χ1n) is 4.53. The van der Waals surface area contributed by atoms with E-state index in [9.17, 15) is 13.2 Å². The summed E-state index contributed by atoms with van der Waals surface area (Å²) in [5, 5.41) is 7.90. The van der Waals surface area contributed by atoms with Crippen LogP contribution in [0.1, 0.15) is 11.3 Å². The molecule has 0 N–H and O–H groups in total. The van der Waals surface area contributed by atoms with Gasteiger partial charge in [-0.2, -0.15) is 28.2 Å². The minimum absolute atomic E-state index is 0.501. The van der Waals surface area contributed by atoms with Crippen LogP contribution in [0.4, 0.5) is 13.2 Å². The highest BCUT2D eigenvalue weighted by Crippen LogP contribution is 2.29. The molecule has 3 nitrogen and oxygen atoms in total. The summed E-state index contributed by atoms with van der Waals surface area (Å²) in [7, 11) is 0. The maximum Gasteiger partial charge on any atom is 0.416 e. The molecule has 0 bridgehead atoms. The number of rotatable bonds is 1. The third kappa shape index (κ3) is 2.05. The smallest absolute Gasteiger partial charge is 0.166 e. The molecule has 16 heavy (non-hydrogen) atoms. The summed E-state index contributed by atoms with van der Waals surface area (Å²) in [5.41, 5.74) is 0.529. The number of hydrogen-bond donors (Lipinski definition) is 0. The van der Waals surface area contributed by atoms with Crippen LogP contribution in [0, 0.1) is 6.92 Å². The van der Waals surface area contributed by atoms with Crippen LogP contribution in [0.3, 0.4) is 0 Å². The standard InChI is InChI=1S/C10H8F3N3/c1-7-6-14-16(15-7)9-4-2-8(3-5-9)10(11,12)13/h2-6H,1H3. The van der Waals surface area contributed by atoms with E-state index in [0.29, 0.717) is 11.4 Å². The minimum Gasteiger partial charge on any atom is -0.166 e. The van der Waals surface area contributed by atoms with E-state index < -0.39 is 11.7 Å². The molecule has 0 aliphatic carbocycles. The fraction of sp³-hybridized carbons (Fsp3) is 0.200. The van der Waals surface area contributed by atoms with E-state index in [0.717, 1.165) is 12.1 Å². The third-order valence-corrected chi connectivity index (χ3v) is 2.03. The van der Waals surface area contributed by atoms with Gasteiger partial charge in [-0.05, 0) is 31.2 Å². The molecule has 2 rings (SSSR count). The Morgan fingerprint density at radius 1 is 1.12 bits per heavy atom. The summed E-state index contributed by atoms with van der Waals surface area (Å²) in [4.78, 5) is 1.29. The predicted molar refractivity (Wildman–Crippen MR) is 51.1 cm³/mol. The van der Waals surface area contributed by atoms with E-state index in [4.69, 9.17) is 0 Å². The molecule has 2 aromatic rings. The summed E-state index contributed by atoms with van der Waals surface area (Å²) < 4.78 is 36.9. The van der Waals surface area contributed by atoms with Crippen molar-refractivity contribution in [1.29, 1.82) is 0 Å². The zero-order valence-electron chi connectivity index (χ0n) is 8.36. The Balaban J connectivity index is 2.33. The lowest BCUT2D eigenvalue weighted by atomic mass is 10.2. The van der Waals surface area contributed by atoms with E-state index in [-0.39, 0.29) is 0 Å². The van der Waals surface area contributed by atoms with Gasteiger partial charge in [0.05, 0.1) is 23.1 Å². The molecule has 0 aliphatic heterocycles. The van der Waals surface area contributed by atoms with Gasteiger partial charge >= 0.3 is 6.18 Å². The van der Waals surface area contributed by atoms with E-state index >= 15 is 0 Å². The number of aryl methyl sites for hydroxylation is 1. The maximum atomic E-state index is 12.3. The maximum absolute atomic E-state index is 12.3. The molecular weight excluding hydrogens is 219 g/mol. The largest absolute Gasteiger partial charge is 0.416 e. The van der Waals surface area contributed by atoms with Crippen LogP contribution >= 0.6 is 0 Å². The molecule has 6 heteroatoms. The Morgan fingerprint density at radius 3 is 2.19 bits per heavy atom. The van der Waals surface area contributed by atoms with Crippen molar-refractivity contribution in [1.82, 2.24) is 15.0 Å². The Bertz CT molecular complexity index is 485. The van der Waals surface area contributed by atoms with E-state index in [1.165, 1.54) is 23.1 Å². The molecule has 0 spiro atoms. The molecule has 0 atom stereocenters. The zero-order valence-corrected chi connectivity index (χ0v) is 8.36. The second-order valence-corrected chi connectivity index (χ2v) is 3.32. The number of nitrogens with zero attached hydrogens (tertiary/aromatic N) is 3. The van der Waals surface area contributed by atoms with Crippen LogP contribution in [-0.2, 0) is 6.18 Å².